The molecule has 1 atom stereocenters. The van der Waals surface area contributed by atoms with Gasteiger partial charge >= 0.3 is 0 Å². The molecule has 5 nitrogen and oxygen atoms in total. The molecule has 3 N–H and O–H groups in total. The van der Waals surface area contributed by atoms with Gasteiger partial charge in [-0.2, -0.15) is 5.10 Å². The first-order valence-electron chi connectivity index (χ1n) is 5.31. The Bertz CT molecular complexity index is 481. The largest absolute Gasteiger partial charge is 0.271 e. The van der Waals surface area contributed by atoms with E-state index < -0.39 is 0 Å². The third kappa shape index (κ3) is 3.03. The highest BCUT2D eigenvalue weighted by molar-refractivity contribution is 14.1. The van der Waals surface area contributed by atoms with Crippen molar-refractivity contribution >= 4 is 33.9 Å². The van der Waals surface area contributed by atoms with Crippen molar-refractivity contribution in [2.24, 2.45) is 5.84 Å². The Morgan fingerprint density at radius 1 is 1.65 bits per heavy atom. The molecule has 92 valence electrons. The van der Waals surface area contributed by atoms with Crippen LogP contribution in [-0.4, -0.2) is 14.8 Å². The molecule has 0 amide bonds. The first kappa shape index (κ1) is 12.9. The van der Waals surface area contributed by atoms with Gasteiger partial charge < -0.3 is 0 Å². The quantitative estimate of drug-likeness (QED) is 0.482. The molecule has 0 aliphatic carbocycles. The minimum absolute atomic E-state index is 0.0873. The molecule has 2 aromatic rings. The van der Waals surface area contributed by atoms with E-state index in [2.05, 4.69) is 56.5 Å². The van der Waals surface area contributed by atoms with Crippen molar-refractivity contribution in [1.82, 2.24) is 20.2 Å². The number of nitrogens with two attached hydrogens (primary N) is 1. The number of hydrogen-bond donors (Lipinski definition) is 2. The average Bonchev–Trinajstić information content (AvgIpc) is 2.94. The smallest absolute Gasteiger partial charge is 0.138 e. The summed E-state index contributed by atoms with van der Waals surface area (Å²) in [6.45, 7) is 2.88. The van der Waals surface area contributed by atoms with Gasteiger partial charge in [0.25, 0.3) is 0 Å². The second kappa shape index (κ2) is 5.89. The molecule has 0 aromatic carbocycles. The lowest BCUT2D eigenvalue weighted by molar-refractivity contribution is 0.511. The zero-order chi connectivity index (χ0) is 12.3. The van der Waals surface area contributed by atoms with E-state index in [1.807, 2.05) is 4.68 Å². The number of nitrogens with one attached hydrogen (secondary N) is 1. The lowest BCUT2D eigenvalue weighted by atomic mass is 10.1. The van der Waals surface area contributed by atoms with Crippen LogP contribution in [0.3, 0.4) is 0 Å². The normalized spacial score (nSPS) is 12.9. The van der Waals surface area contributed by atoms with Crippen LogP contribution in [0, 0.1) is 2.88 Å². The van der Waals surface area contributed by atoms with Crippen LogP contribution < -0.4 is 11.3 Å². The molecule has 0 bridgehead atoms. The molecule has 1 unspecified atom stereocenters. The molecule has 17 heavy (non-hydrogen) atoms. The Hall–Kier alpha value is -0.510. The minimum Gasteiger partial charge on any atom is -0.271 e. The molecular weight excluding hydrogens is 349 g/mol. The van der Waals surface area contributed by atoms with E-state index in [9.17, 15) is 0 Å². The van der Waals surface area contributed by atoms with Gasteiger partial charge in [0.1, 0.15) is 12.2 Å². The van der Waals surface area contributed by atoms with Crippen LogP contribution in [-0.2, 0) is 13.0 Å². The van der Waals surface area contributed by atoms with Crippen LogP contribution in [0.2, 0.25) is 0 Å². The van der Waals surface area contributed by atoms with Crippen molar-refractivity contribution in [1.29, 1.82) is 0 Å². The third-order valence-electron chi connectivity index (χ3n) is 2.57. The summed E-state index contributed by atoms with van der Waals surface area (Å²) in [6, 6.07) is 2.23. The molecule has 0 aliphatic heterocycles. The lowest BCUT2D eigenvalue weighted by Crippen LogP contribution is -2.30. The average molecular weight is 363 g/mol. The lowest BCUT2D eigenvalue weighted by Gasteiger charge is -2.14. The predicted octanol–water partition coefficient (Wildman–Crippen LogP) is 1.71. The second-order valence-corrected chi connectivity index (χ2v) is 6.40. The number of aryl methyl sites for hydroxylation is 1. The van der Waals surface area contributed by atoms with Gasteiger partial charge in [-0.3, -0.25) is 16.0 Å². The first-order chi connectivity index (χ1) is 8.24. The minimum atomic E-state index is 0.0873. The number of hydrogen-bond acceptors (Lipinski definition) is 5. The van der Waals surface area contributed by atoms with Crippen molar-refractivity contribution in [3.8, 4) is 0 Å². The number of halogens is 1. The van der Waals surface area contributed by atoms with Crippen molar-refractivity contribution < 1.29 is 0 Å². The van der Waals surface area contributed by atoms with E-state index in [1.54, 1.807) is 17.7 Å². The molecule has 0 saturated carbocycles. The summed E-state index contributed by atoms with van der Waals surface area (Å²) in [7, 11) is 0. The summed E-state index contributed by atoms with van der Waals surface area (Å²) in [5.74, 6) is 6.57. The topological polar surface area (TPSA) is 68.8 Å². The van der Waals surface area contributed by atoms with Gasteiger partial charge in [0, 0.05) is 13.0 Å². The summed E-state index contributed by atoms with van der Waals surface area (Å²) < 4.78 is 3.15. The van der Waals surface area contributed by atoms with Gasteiger partial charge in [-0.1, -0.05) is 0 Å². The molecule has 0 fully saturated rings. The molecule has 0 aliphatic rings. The fourth-order valence-electron chi connectivity index (χ4n) is 1.67. The Balaban J connectivity index is 2.15. The number of nitrogens with zero attached hydrogens (tertiary/aromatic N) is 3. The molecule has 2 rings (SSSR count). The highest BCUT2D eigenvalue weighted by Gasteiger charge is 2.15. The van der Waals surface area contributed by atoms with E-state index in [-0.39, 0.29) is 6.04 Å². The monoisotopic (exact) mass is 363 g/mol. The number of aromatic nitrogens is 3. The summed E-state index contributed by atoms with van der Waals surface area (Å²) in [6.07, 6.45) is 2.33. The molecule has 7 heteroatoms. The number of hydrazine groups is 1. The van der Waals surface area contributed by atoms with Gasteiger partial charge in [0.2, 0.25) is 0 Å². The third-order valence-corrected chi connectivity index (χ3v) is 4.38. The molecule has 2 heterocycles. The first-order valence-corrected chi connectivity index (χ1v) is 7.27. The van der Waals surface area contributed by atoms with E-state index >= 15 is 0 Å². The molecule has 0 spiro atoms. The Morgan fingerprint density at radius 3 is 3.06 bits per heavy atom. The maximum absolute atomic E-state index is 5.62. The van der Waals surface area contributed by atoms with Crippen molar-refractivity contribution in [2.75, 3.05) is 0 Å². The summed E-state index contributed by atoms with van der Waals surface area (Å²) in [4.78, 5) is 4.26. The Labute approximate surface area is 118 Å². The summed E-state index contributed by atoms with van der Waals surface area (Å²) in [5, 5.41) is 6.28. The Morgan fingerprint density at radius 2 is 2.47 bits per heavy atom. The predicted molar refractivity (Wildman–Crippen MR) is 76.5 cm³/mol. The van der Waals surface area contributed by atoms with Gasteiger partial charge in [0.15, 0.2) is 0 Å². The molecular formula is C10H14IN5S. The maximum atomic E-state index is 5.62. The number of thiophene rings is 1. The Kier molecular flexibility index (Phi) is 4.48. The van der Waals surface area contributed by atoms with Crippen molar-refractivity contribution in [2.45, 2.75) is 25.9 Å². The van der Waals surface area contributed by atoms with E-state index in [0.717, 1.165) is 18.8 Å². The van der Waals surface area contributed by atoms with E-state index in [1.165, 1.54) is 8.45 Å². The van der Waals surface area contributed by atoms with Crippen LogP contribution in [0.4, 0.5) is 0 Å². The summed E-state index contributed by atoms with van der Waals surface area (Å²) in [5.41, 5.74) is 4.04. The highest BCUT2D eigenvalue weighted by Crippen LogP contribution is 2.24. The molecule has 2 aromatic heterocycles. The maximum Gasteiger partial charge on any atom is 0.138 e. The SMILES string of the molecule is CCn1ncnc1CC(NN)c1csc(I)c1. The highest BCUT2D eigenvalue weighted by atomic mass is 127. The van der Waals surface area contributed by atoms with Crippen LogP contribution in [0.1, 0.15) is 24.4 Å². The zero-order valence-electron chi connectivity index (χ0n) is 9.43. The van der Waals surface area contributed by atoms with Gasteiger partial charge in [-0.15, -0.1) is 11.3 Å². The summed E-state index contributed by atoms with van der Waals surface area (Å²) >= 11 is 4.03. The van der Waals surface area contributed by atoms with Gasteiger partial charge in [0.05, 0.1) is 8.93 Å². The zero-order valence-corrected chi connectivity index (χ0v) is 12.4. The van der Waals surface area contributed by atoms with Gasteiger partial charge in [-0.05, 0) is 46.5 Å². The van der Waals surface area contributed by atoms with Crippen LogP contribution in [0.5, 0.6) is 0 Å². The van der Waals surface area contributed by atoms with Crippen molar-refractivity contribution in [3.05, 3.63) is 32.0 Å². The van der Waals surface area contributed by atoms with Crippen LogP contribution >= 0.6 is 33.9 Å². The number of rotatable bonds is 5. The molecule has 0 radical (unpaired) electrons. The standard InChI is InChI=1S/C10H14IN5S/c1-2-16-10(13-6-14-16)4-8(15-12)7-3-9(11)17-5-7/h3,5-6,8,15H,2,4,12H2,1H3. The van der Waals surface area contributed by atoms with E-state index in [4.69, 9.17) is 5.84 Å². The molecule has 0 saturated heterocycles. The van der Waals surface area contributed by atoms with Crippen LogP contribution in [0.25, 0.3) is 0 Å². The van der Waals surface area contributed by atoms with E-state index in [0.29, 0.717) is 0 Å². The van der Waals surface area contributed by atoms with Crippen LogP contribution in [0.15, 0.2) is 17.8 Å². The second-order valence-electron chi connectivity index (χ2n) is 3.60. The fourth-order valence-corrected chi connectivity index (χ4v) is 3.10. The fraction of sp³-hybridized carbons (Fsp3) is 0.400. The van der Waals surface area contributed by atoms with Gasteiger partial charge in [-0.25, -0.2) is 4.98 Å². The van der Waals surface area contributed by atoms with Crippen molar-refractivity contribution in [3.63, 3.8) is 0 Å².